The molecule has 0 aliphatic heterocycles. The number of amides is 1. The molecule has 3 aromatic rings. The van der Waals surface area contributed by atoms with Crippen molar-refractivity contribution < 1.29 is 14.3 Å². The van der Waals surface area contributed by atoms with Gasteiger partial charge in [-0.1, -0.05) is 17.3 Å². The lowest BCUT2D eigenvalue weighted by Crippen LogP contribution is -3.04. The van der Waals surface area contributed by atoms with Crippen LogP contribution in [0.3, 0.4) is 0 Å². The molecule has 0 aliphatic carbocycles. The summed E-state index contributed by atoms with van der Waals surface area (Å²) in [6.07, 6.45) is 1.55. The standard InChI is InChI=1S/C17H22N10O2/c1-25(2)10-13-14(20-24-27(13)16-15(18)22-29-23-16)17(28)21-19-9-11-5-7-12(8-6-11)26(3)4/h5-9H,10H2,1-4H3,(H2,18,22)(H,21,28)/p+1/b19-9-. The Hall–Kier alpha value is -3.80. The first-order valence-electron chi connectivity index (χ1n) is 8.79. The Morgan fingerprint density at radius 3 is 2.62 bits per heavy atom. The van der Waals surface area contributed by atoms with Gasteiger partial charge in [0.15, 0.2) is 5.69 Å². The summed E-state index contributed by atoms with van der Waals surface area (Å²) in [7, 11) is 7.79. The third kappa shape index (κ3) is 4.55. The summed E-state index contributed by atoms with van der Waals surface area (Å²) < 4.78 is 5.96. The number of quaternary nitrogens is 1. The average Bonchev–Trinajstić information content (AvgIpc) is 3.27. The van der Waals surface area contributed by atoms with E-state index >= 15 is 0 Å². The molecule has 0 aliphatic rings. The van der Waals surface area contributed by atoms with E-state index in [1.165, 1.54) is 4.68 Å². The number of nitrogen functional groups attached to an aromatic ring is 1. The summed E-state index contributed by atoms with van der Waals surface area (Å²) in [6, 6.07) is 7.73. The lowest BCUT2D eigenvalue weighted by Gasteiger charge is -2.11. The predicted molar refractivity (Wildman–Crippen MR) is 106 cm³/mol. The predicted octanol–water partition coefficient (Wildman–Crippen LogP) is -1.29. The quantitative estimate of drug-likeness (QED) is 0.329. The second-order valence-corrected chi connectivity index (χ2v) is 6.84. The maximum Gasteiger partial charge on any atom is 0.294 e. The van der Waals surface area contributed by atoms with Gasteiger partial charge in [0.05, 0.1) is 20.3 Å². The fourth-order valence-electron chi connectivity index (χ4n) is 2.56. The number of anilines is 2. The first kappa shape index (κ1) is 19.9. The van der Waals surface area contributed by atoms with Crippen molar-refractivity contribution in [3.8, 4) is 5.82 Å². The number of nitrogens with one attached hydrogen (secondary N) is 2. The fourth-order valence-corrected chi connectivity index (χ4v) is 2.56. The minimum atomic E-state index is -0.497. The van der Waals surface area contributed by atoms with Crippen LogP contribution in [0, 0.1) is 0 Å². The van der Waals surface area contributed by atoms with Crippen LogP contribution in [0.1, 0.15) is 21.7 Å². The summed E-state index contributed by atoms with van der Waals surface area (Å²) in [5.41, 5.74) is 10.8. The second-order valence-electron chi connectivity index (χ2n) is 6.84. The molecule has 0 radical (unpaired) electrons. The largest absolute Gasteiger partial charge is 0.378 e. The van der Waals surface area contributed by atoms with Gasteiger partial charge in [0.1, 0.15) is 12.2 Å². The van der Waals surface area contributed by atoms with Crippen LogP contribution in [-0.4, -0.2) is 65.6 Å². The van der Waals surface area contributed by atoms with Crippen LogP contribution in [0.15, 0.2) is 34.0 Å². The van der Waals surface area contributed by atoms with Crippen molar-refractivity contribution in [1.82, 2.24) is 30.7 Å². The van der Waals surface area contributed by atoms with Gasteiger partial charge in [-0.25, -0.2) is 10.1 Å². The molecule has 152 valence electrons. The molecule has 0 fully saturated rings. The summed E-state index contributed by atoms with van der Waals surface area (Å²) in [5.74, 6) is -0.267. The van der Waals surface area contributed by atoms with E-state index in [0.717, 1.165) is 16.2 Å². The number of aromatic nitrogens is 5. The Bertz CT molecular complexity index is 1000. The highest BCUT2D eigenvalue weighted by Crippen LogP contribution is 2.15. The van der Waals surface area contributed by atoms with Crippen molar-refractivity contribution in [2.75, 3.05) is 38.8 Å². The molecule has 3 rings (SSSR count). The van der Waals surface area contributed by atoms with Crippen LogP contribution in [0.2, 0.25) is 0 Å². The molecule has 1 aromatic carbocycles. The Kier molecular flexibility index (Phi) is 5.83. The first-order chi connectivity index (χ1) is 13.9. The van der Waals surface area contributed by atoms with Gasteiger partial charge in [-0.3, -0.25) is 4.79 Å². The van der Waals surface area contributed by atoms with Gasteiger partial charge in [-0.2, -0.15) is 9.78 Å². The number of hydrogen-bond donors (Lipinski definition) is 3. The van der Waals surface area contributed by atoms with Crippen molar-refractivity contribution in [2.24, 2.45) is 5.10 Å². The zero-order valence-corrected chi connectivity index (χ0v) is 16.6. The molecule has 0 spiro atoms. The number of hydrogen-bond acceptors (Lipinski definition) is 9. The zero-order valence-electron chi connectivity index (χ0n) is 16.6. The van der Waals surface area contributed by atoms with Crippen LogP contribution in [-0.2, 0) is 6.54 Å². The van der Waals surface area contributed by atoms with Crippen LogP contribution >= 0.6 is 0 Å². The molecule has 2 aromatic heterocycles. The number of carbonyl (C=O) groups is 1. The van der Waals surface area contributed by atoms with E-state index < -0.39 is 5.91 Å². The van der Waals surface area contributed by atoms with Gasteiger partial charge in [0.25, 0.3) is 5.91 Å². The van der Waals surface area contributed by atoms with E-state index in [9.17, 15) is 4.79 Å². The van der Waals surface area contributed by atoms with E-state index in [2.05, 4.69) is 35.8 Å². The molecule has 1 amide bonds. The number of nitrogens with zero attached hydrogens (tertiary/aromatic N) is 7. The number of benzene rings is 1. The molecule has 0 bridgehead atoms. The van der Waals surface area contributed by atoms with Crippen molar-refractivity contribution in [1.29, 1.82) is 0 Å². The maximum absolute atomic E-state index is 12.6. The molecule has 29 heavy (non-hydrogen) atoms. The minimum Gasteiger partial charge on any atom is -0.378 e. The topological polar surface area (TPSA) is 145 Å². The highest BCUT2D eigenvalue weighted by atomic mass is 16.6. The average molecular weight is 399 g/mol. The molecule has 0 atom stereocenters. The SMILES string of the molecule is CN(C)c1ccc(/C=N\NC(=O)c2nnn(-c3nonc3N)c2C[NH+](C)C)cc1. The van der Waals surface area contributed by atoms with Gasteiger partial charge < -0.3 is 15.5 Å². The molecule has 0 saturated heterocycles. The summed E-state index contributed by atoms with van der Waals surface area (Å²) in [5, 5.41) is 19.2. The smallest absolute Gasteiger partial charge is 0.294 e. The second kappa shape index (κ2) is 8.48. The van der Waals surface area contributed by atoms with Crippen LogP contribution < -0.4 is 21.0 Å². The van der Waals surface area contributed by atoms with Gasteiger partial charge in [0, 0.05) is 19.8 Å². The molecule has 12 heteroatoms. The Balaban J connectivity index is 1.78. The minimum absolute atomic E-state index is 0.0519. The number of carbonyl (C=O) groups excluding carboxylic acids is 1. The molecule has 0 saturated carbocycles. The summed E-state index contributed by atoms with van der Waals surface area (Å²) >= 11 is 0. The highest BCUT2D eigenvalue weighted by Gasteiger charge is 2.25. The Morgan fingerprint density at radius 2 is 2.03 bits per heavy atom. The third-order valence-electron chi connectivity index (χ3n) is 3.98. The monoisotopic (exact) mass is 399 g/mol. The van der Waals surface area contributed by atoms with Crippen LogP contribution in [0.4, 0.5) is 11.5 Å². The Labute approximate surface area is 166 Å². The van der Waals surface area contributed by atoms with Gasteiger partial charge >= 0.3 is 0 Å². The fraction of sp³-hybridized carbons (Fsp3) is 0.294. The van der Waals surface area contributed by atoms with E-state index in [1.54, 1.807) is 6.21 Å². The van der Waals surface area contributed by atoms with Gasteiger partial charge in [-0.05, 0) is 28.0 Å². The molecular formula is C17H23N10O2+. The summed E-state index contributed by atoms with van der Waals surface area (Å²) in [4.78, 5) is 15.6. The van der Waals surface area contributed by atoms with Crippen molar-refractivity contribution >= 4 is 23.6 Å². The lowest BCUT2D eigenvalue weighted by molar-refractivity contribution is -0.873. The van der Waals surface area contributed by atoms with Crippen molar-refractivity contribution in [2.45, 2.75) is 6.54 Å². The van der Waals surface area contributed by atoms with Gasteiger partial charge in [-0.15, -0.1) is 5.10 Å². The molecule has 12 nitrogen and oxygen atoms in total. The third-order valence-corrected chi connectivity index (χ3v) is 3.98. The molecule has 4 N–H and O–H groups in total. The number of rotatable bonds is 7. The van der Waals surface area contributed by atoms with Crippen molar-refractivity contribution in [3.63, 3.8) is 0 Å². The normalized spacial score (nSPS) is 11.3. The summed E-state index contributed by atoms with van der Waals surface area (Å²) in [6.45, 7) is 0.442. The first-order valence-corrected chi connectivity index (χ1v) is 8.79. The highest BCUT2D eigenvalue weighted by molar-refractivity contribution is 5.94. The molecule has 0 unspecified atom stereocenters. The molecule has 2 heterocycles. The molecular weight excluding hydrogens is 376 g/mol. The van der Waals surface area contributed by atoms with E-state index in [-0.39, 0.29) is 17.3 Å². The van der Waals surface area contributed by atoms with Crippen LogP contribution in [0.5, 0.6) is 0 Å². The van der Waals surface area contributed by atoms with Crippen LogP contribution in [0.25, 0.3) is 5.82 Å². The lowest BCUT2D eigenvalue weighted by atomic mass is 10.2. The van der Waals surface area contributed by atoms with Crippen molar-refractivity contribution in [3.05, 3.63) is 41.2 Å². The van der Waals surface area contributed by atoms with Gasteiger partial charge in [0.2, 0.25) is 11.6 Å². The Morgan fingerprint density at radius 1 is 1.31 bits per heavy atom. The zero-order chi connectivity index (χ0) is 21.0. The van der Waals surface area contributed by atoms with E-state index in [0.29, 0.717) is 12.2 Å². The maximum atomic E-state index is 12.6. The van der Waals surface area contributed by atoms with E-state index in [4.69, 9.17) is 5.73 Å². The van der Waals surface area contributed by atoms with E-state index in [1.807, 2.05) is 57.4 Å². The number of hydrazone groups is 1. The number of nitrogens with two attached hydrogens (primary N) is 1.